The quantitative estimate of drug-likeness (QED) is 0.499. The van der Waals surface area contributed by atoms with Crippen LogP contribution in [0.25, 0.3) is 6.08 Å². The number of nitrogens with zero attached hydrogens (tertiary/aromatic N) is 1. The van der Waals surface area contributed by atoms with Crippen LogP contribution in [0.15, 0.2) is 41.3 Å². The van der Waals surface area contributed by atoms with E-state index in [1.165, 1.54) is 22.7 Å². The maximum atomic E-state index is 12.7. The van der Waals surface area contributed by atoms with Crippen LogP contribution in [0.2, 0.25) is 15.1 Å². The van der Waals surface area contributed by atoms with Gasteiger partial charge in [-0.05, 0) is 42.0 Å². The predicted molar refractivity (Wildman–Crippen MR) is 105 cm³/mol. The summed E-state index contributed by atoms with van der Waals surface area (Å²) in [5, 5.41) is 10.5. The molecule has 0 spiro atoms. The Morgan fingerprint density at radius 3 is 2.50 bits per heavy atom. The number of thiocarbonyl (C=S) groups is 1. The molecule has 1 saturated heterocycles. The third kappa shape index (κ3) is 3.41. The van der Waals surface area contributed by atoms with Crippen molar-refractivity contribution in [3.8, 4) is 5.75 Å². The van der Waals surface area contributed by atoms with E-state index in [9.17, 15) is 9.90 Å². The van der Waals surface area contributed by atoms with Gasteiger partial charge in [-0.1, -0.05) is 64.8 Å². The van der Waals surface area contributed by atoms with Crippen LogP contribution in [-0.4, -0.2) is 15.3 Å². The van der Waals surface area contributed by atoms with Gasteiger partial charge in [0.2, 0.25) is 0 Å². The van der Waals surface area contributed by atoms with Gasteiger partial charge in [-0.15, -0.1) is 0 Å². The van der Waals surface area contributed by atoms with Crippen LogP contribution >= 0.6 is 58.8 Å². The van der Waals surface area contributed by atoms with Crippen molar-refractivity contribution in [1.82, 2.24) is 0 Å². The zero-order chi connectivity index (χ0) is 17.4. The number of thioether (sulfide) groups is 1. The molecule has 0 radical (unpaired) electrons. The van der Waals surface area contributed by atoms with Gasteiger partial charge >= 0.3 is 0 Å². The van der Waals surface area contributed by atoms with Crippen molar-refractivity contribution in [2.24, 2.45) is 0 Å². The van der Waals surface area contributed by atoms with Crippen LogP contribution in [0, 0.1) is 0 Å². The molecule has 2 aromatic rings. The molecule has 0 unspecified atom stereocenters. The van der Waals surface area contributed by atoms with Gasteiger partial charge in [0.1, 0.15) is 5.75 Å². The van der Waals surface area contributed by atoms with E-state index in [0.717, 1.165) is 0 Å². The van der Waals surface area contributed by atoms with E-state index in [0.29, 0.717) is 30.5 Å². The third-order valence-electron chi connectivity index (χ3n) is 3.21. The predicted octanol–water partition coefficient (Wildman–Crippen LogP) is 5.76. The Labute approximate surface area is 162 Å². The van der Waals surface area contributed by atoms with E-state index < -0.39 is 0 Å². The highest BCUT2D eigenvalue weighted by Gasteiger charge is 2.34. The summed E-state index contributed by atoms with van der Waals surface area (Å²) in [5.74, 6) is -0.298. The van der Waals surface area contributed by atoms with Gasteiger partial charge in [-0.2, -0.15) is 0 Å². The lowest BCUT2D eigenvalue weighted by atomic mass is 10.2. The van der Waals surface area contributed by atoms with Crippen molar-refractivity contribution in [3.63, 3.8) is 0 Å². The number of amides is 1. The molecule has 1 fully saturated rings. The Hall–Kier alpha value is -1.24. The molecule has 0 aliphatic carbocycles. The van der Waals surface area contributed by atoms with E-state index >= 15 is 0 Å². The molecule has 0 aromatic heterocycles. The lowest BCUT2D eigenvalue weighted by Crippen LogP contribution is -2.27. The van der Waals surface area contributed by atoms with E-state index in [-0.39, 0.29) is 16.7 Å². The lowest BCUT2D eigenvalue weighted by Gasteiger charge is -2.16. The summed E-state index contributed by atoms with van der Waals surface area (Å²) in [7, 11) is 0. The van der Waals surface area contributed by atoms with E-state index in [1.807, 2.05) is 0 Å². The molecule has 3 nitrogen and oxygen atoms in total. The number of anilines is 1. The van der Waals surface area contributed by atoms with E-state index in [4.69, 9.17) is 47.0 Å². The molecular weight excluding hydrogens is 409 g/mol. The summed E-state index contributed by atoms with van der Waals surface area (Å²) in [6.07, 6.45) is 1.66. The molecule has 1 aliphatic rings. The first-order chi connectivity index (χ1) is 11.4. The second-order valence-electron chi connectivity index (χ2n) is 4.82. The van der Waals surface area contributed by atoms with Gasteiger partial charge in [0.25, 0.3) is 5.91 Å². The number of aromatic hydroxyl groups is 1. The van der Waals surface area contributed by atoms with Crippen LogP contribution in [0.3, 0.4) is 0 Å². The van der Waals surface area contributed by atoms with Gasteiger partial charge in [0, 0.05) is 5.02 Å². The normalized spacial score (nSPS) is 16.3. The lowest BCUT2D eigenvalue weighted by molar-refractivity contribution is -0.113. The minimum Gasteiger partial charge on any atom is -0.506 e. The van der Waals surface area contributed by atoms with Crippen LogP contribution in [0.1, 0.15) is 5.56 Å². The van der Waals surface area contributed by atoms with Gasteiger partial charge in [-0.25, -0.2) is 0 Å². The number of phenolic OH excluding ortho intramolecular Hbond substituents is 1. The smallest absolute Gasteiger partial charge is 0.270 e. The number of hydrogen-bond donors (Lipinski definition) is 1. The number of phenols is 1. The monoisotopic (exact) mass is 415 g/mol. The van der Waals surface area contributed by atoms with E-state index in [2.05, 4.69) is 0 Å². The summed E-state index contributed by atoms with van der Waals surface area (Å²) >= 11 is 24.4. The van der Waals surface area contributed by atoms with Gasteiger partial charge in [0.05, 0.1) is 20.6 Å². The largest absolute Gasteiger partial charge is 0.506 e. The molecule has 1 N–H and O–H groups in total. The fraction of sp³-hybridized carbons (Fsp3) is 0. The summed E-state index contributed by atoms with van der Waals surface area (Å²) in [4.78, 5) is 14.5. The van der Waals surface area contributed by atoms with Crippen LogP contribution in [0.4, 0.5) is 5.69 Å². The fourth-order valence-electron chi connectivity index (χ4n) is 2.10. The summed E-state index contributed by atoms with van der Waals surface area (Å²) < 4.78 is 0.375. The molecule has 3 rings (SSSR count). The summed E-state index contributed by atoms with van der Waals surface area (Å²) in [6, 6.07) is 9.54. The summed E-state index contributed by atoms with van der Waals surface area (Å²) in [5.41, 5.74) is 1.16. The Kier molecular flexibility index (Phi) is 5.08. The molecule has 24 heavy (non-hydrogen) atoms. The highest BCUT2D eigenvalue weighted by molar-refractivity contribution is 8.27. The fourth-order valence-corrected chi connectivity index (χ4v) is 4.07. The Morgan fingerprint density at radius 2 is 1.83 bits per heavy atom. The molecule has 1 heterocycles. The molecule has 122 valence electrons. The first-order valence-electron chi connectivity index (χ1n) is 6.58. The van der Waals surface area contributed by atoms with Crippen molar-refractivity contribution in [1.29, 1.82) is 0 Å². The number of rotatable bonds is 2. The second kappa shape index (κ2) is 6.94. The topological polar surface area (TPSA) is 40.5 Å². The molecule has 2 aromatic carbocycles. The number of hydrogen-bond acceptors (Lipinski definition) is 4. The van der Waals surface area contributed by atoms with Crippen LogP contribution in [0.5, 0.6) is 5.75 Å². The summed E-state index contributed by atoms with van der Waals surface area (Å²) in [6.45, 7) is 0. The molecule has 1 amide bonds. The van der Waals surface area contributed by atoms with Crippen LogP contribution in [-0.2, 0) is 4.79 Å². The number of benzene rings is 2. The van der Waals surface area contributed by atoms with Crippen molar-refractivity contribution < 1.29 is 9.90 Å². The second-order valence-corrected chi connectivity index (χ2v) is 7.75. The van der Waals surface area contributed by atoms with Crippen molar-refractivity contribution in [2.75, 3.05) is 4.90 Å². The first-order valence-corrected chi connectivity index (χ1v) is 8.94. The molecular formula is C16H8Cl3NO2S2. The minimum absolute atomic E-state index is 0.0192. The molecule has 0 atom stereocenters. The molecule has 1 aliphatic heterocycles. The van der Waals surface area contributed by atoms with Crippen molar-refractivity contribution >= 4 is 80.8 Å². The zero-order valence-electron chi connectivity index (χ0n) is 11.8. The van der Waals surface area contributed by atoms with E-state index in [1.54, 1.807) is 36.4 Å². The third-order valence-corrected chi connectivity index (χ3v) is 5.36. The SMILES string of the molecule is O=C1/C(=C/c2ccc(O)c(Cl)c2)SC(=S)N1c1ccc(Cl)cc1Cl. The Balaban J connectivity index is 1.96. The first kappa shape index (κ1) is 17.6. The Morgan fingerprint density at radius 1 is 1.08 bits per heavy atom. The van der Waals surface area contributed by atoms with Crippen LogP contribution < -0.4 is 4.90 Å². The number of halogens is 3. The van der Waals surface area contributed by atoms with Crippen molar-refractivity contribution in [2.45, 2.75) is 0 Å². The zero-order valence-corrected chi connectivity index (χ0v) is 15.7. The molecule has 0 bridgehead atoms. The van der Waals surface area contributed by atoms with Gasteiger partial charge in [0.15, 0.2) is 4.32 Å². The number of carbonyl (C=O) groups excluding carboxylic acids is 1. The Bertz CT molecular complexity index is 899. The maximum Gasteiger partial charge on any atom is 0.270 e. The van der Waals surface area contributed by atoms with Crippen molar-refractivity contribution in [3.05, 3.63) is 61.9 Å². The van der Waals surface area contributed by atoms with Gasteiger partial charge in [-0.3, -0.25) is 9.69 Å². The minimum atomic E-state index is -0.279. The molecule has 8 heteroatoms. The average molecular weight is 417 g/mol. The molecule has 0 saturated carbocycles. The average Bonchev–Trinajstić information content (AvgIpc) is 2.78. The standard InChI is InChI=1S/C16H8Cl3NO2S2/c17-9-2-3-12(10(18)7-9)20-15(22)14(24-16(20)23)6-8-1-4-13(21)11(19)5-8/h1-7,21H/b14-6-. The highest BCUT2D eigenvalue weighted by Crippen LogP contribution is 2.40. The maximum absolute atomic E-state index is 12.7. The van der Waals surface area contributed by atoms with Gasteiger partial charge < -0.3 is 5.11 Å². The highest BCUT2D eigenvalue weighted by atomic mass is 35.5. The number of carbonyl (C=O) groups is 1.